The Bertz CT molecular complexity index is 913. The molecule has 0 spiro atoms. The topological polar surface area (TPSA) is 66.5 Å². The molecule has 1 saturated heterocycles. The molecule has 1 N–H and O–H groups in total. The lowest BCUT2D eigenvalue weighted by atomic mass is 9.98. The van der Waals surface area contributed by atoms with E-state index < -0.39 is 10.0 Å². The van der Waals surface area contributed by atoms with Crippen molar-refractivity contribution in [2.45, 2.75) is 25.5 Å². The van der Waals surface area contributed by atoms with E-state index in [-0.39, 0.29) is 24.1 Å². The zero-order valence-corrected chi connectivity index (χ0v) is 16.8. The lowest BCUT2D eigenvalue weighted by Gasteiger charge is -2.31. The highest BCUT2D eigenvalue weighted by molar-refractivity contribution is 7.88. The Morgan fingerprint density at radius 1 is 1.22 bits per heavy atom. The Morgan fingerprint density at radius 2 is 1.96 bits per heavy atom. The fraction of sp³-hybridized carbons (Fsp3) is 0.350. The minimum Gasteiger partial charge on any atom is -0.326 e. The second-order valence-corrected chi connectivity index (χ2v) is 9.34. The van der Waals surface area contributed by atoms with Crippen LogP contribution >= 0.6 is 11.6 Å². The van der Waals surface area contributed by atoms with Crippen LogP contribution in [0.2, 0.25) is 5.02 Å². The predicted octanol–water partition coefficient (Wildman–Crippen LogP) is 3.83. The summed E-state index contributed by atoms with van der Waals surface area (Å²) in [5, 5.41) is 3.40. The molecule has 1 heterocycles. The maximum absolute atomic E-state index is 12.8. The summed E-state index contributed by atoms with van der Waals surface area (Å²) in [6.45, 7) is 2.63. The molecule has 2 aromatic rings. The standard InChI is InChI=1S/C20H23ClN2O3S/c1-15-7-9-19(10-8-15)22-20(24)17-5-3-11-23(13-17)27(25,26)14-16-4-2-6-18(21)12-16/h2,4,6-10,12,17H,3,5,11,13-14H2,1H3,(H,22,24)/t17-/m1/s1. The summed E-state index contributed by atoms with van der Waals surface area (Å²) >= 11 is 5.95. The Labute approximate surface area is 165 Å². The van der Waals surface area contributed by atoms with Gasteiger partial charge in [0.1, 0.15) is 0 Å². The lowest BCUT2D eigenvalue weighted by Crippen LogP contribution is -2.44. The van der Waals surface area contributed by atoms with Crippen LogP contribution in [-0.2, 0) is 20.6 Å². The van der Waals surface area contributed by atoms with Crippen molar-refractivity contribution in [3.63, 3.8) is 0 Å². The highest BCUT2D eigenvalue weighted by Crippen LogP contribution is 2.23. The van der Waals surface area contributed by atoms with Gasteiger partial charge >= 0.3 is 0 Å². The number of nitrogens with zero attached hydrogens (tertiary/aromatic N) is 1. The molecular weight excluding hydrogens is 384 g/mol. The van der Waals surface area contributed by atoms with Gasteiger partial charge in [-0.25, -0.2) is 12.7 Å². The van der Waals surface area contributed by atoms with E-state index in [1.54, 1.807) is 24.3 Å². The second kappa shape index (κ2) is 8.42. The van der Waals surface area contributed by atoms with Gasteiger partial charge in [0, 0.05) is 23.8 Å². The fourth-order valence-corrected chi connectivity index (χ4v) is 5.03. The van der Waals surface area contributed by atoms with Gasteiger partial charge in [0.15, 0.2) is 0 Å². The van der Waals surface area contributed by atoms with E-state index in [0.717, 1.165) is 11.3 Å². The molecule has 1 amide bonds. The summed E-state index contributed by atoms with van der Waals surface area (Å²) < 4.78 is 27.0. The molecule has 1 fully saturated rings. The van der Waals surface area contributed by atoms with Gasteiger partial charge in [-0.05, 0) is 49.6 Å². The van der Waals surface area contributed by atoms with Crippen molar-refractivity contribution < 1.29 is 13.2 Å². The molecule has 0 saturated carbocycles. The molecule has 7 heteroatoms. The molecule has 5 nitrogen and oxygen atoms in total. The van der Waals surface area contributed by atoms with Crippen molar-refractivity contribution in [3.8, 4) is 0 Å². The first-order chi connectivity index (χ1) is 12.8. The van der Waals surface area contributed by atoms with E-state index in [1.807, 2.05) is 31.2 Å². The van der Waals surface area contributed by atoms with Crippen LogP contribution in [0.3, 0.4) is 0 Å². The number of carbonyl (C=O) groups excluding carboxylic acids is 1. The summed E-state index contributed by atoms with van der Waals surface area (Å²) in [5.74, 6) is -0.601. The molecule has 0 bridgehead atoms. The minimum atomic E-state index is -3.50. The average Bonchev–Trinajstić information content (AvgIpc) is 2.63. The minimum absolute atomic E-state index is 0.111. The van der Waals surface area contributed by atoms with Gasteiger partial charge in [-0.2, -0.15) is 0 Å². The normalized spacial score (nSPS) is 18.2. The van der Waals surface area contributed by atoms with Gasteiger partial charge in [0.25, 0.3) is 0 Å². The number of amides is 1. The highest BCUT2D eigenvalue weighted by Gasteiger charge is 2.32. The third-order valence-corrected chi connectivity index (χ3v) is 6.76. The number of hydrogen-bond donors (Lipinski definition) is 1. The van der Waals surface area contributed by atoms with Crippen molar-refractivity contribution in [1.29, 1.82) is 0 Å². The molecule has 0 radical (unpaired) electrons. The van der Waals surface area contributed by atoms with Crippen molar-refractivity contribution >= 4 is 33.2 Å². The number of benzene rings is 2. The van der Waals surface area contributed by atoms with E-state index in [0.29, 0.717) is 30.0 Å². The zero-order chi connectivity index (χ0) is 19.4. The van der Waals surface area contributed by atoms with Crippen molar-refractivity contribution in [3.05, 3.63) is 64.7 Å². The van der Waals surface area contributed by atoms with Crippen LogP contribution in [0.25, 0.3) is 0 Å². The maximum atomic E-state index is 12.8. The first-order valence-corrected chi connectivity index (χ1v) is 10.9. The van der Waals surface area contributed by atoms with Crippen molar-refractivity contribution in [2.24, 2.45) is 5.92 Å². The zero-order valence-electron chi connectivity index (χ0n) is 15.2. The van der Waals surface area contributed by atoms with Crippen LogP contribution in [0.15, 0.2) is 48.5 Å². The molecule has 144 valence electrons. The molecule has 1 aliphatic rings. The second-order valence-electron chi connectivity index (χ2n) is 6.94. The summed E-state index contributed by atoms with van der Waals surface area (Å²) in [6.07, 6.45) is 1.35. The summed E-state index contributed by atoms with van der Waals surface area (Å²) in [5.41, 5.74) is 2.49. The summed E-state index contributed by atoms with van der Waals surface area (Å²) in [6, 6.07) is 14.4. The molecule has 1 aliphatic heterocycles. The Balaban J connectivity index is 1.65. The Morgan fingerprint density at radius 3 is 2.67 bits per heavy atom. The molecule has 2 aromatic carbocycles. The smallest absolute Gasteiger partial charge is 0.228 e. The van der Waals surface area contributed by atoms with Gasteiger partial charge in [-0.15, -0.1) is 0 Å². The van der Waals surface area contributed by atoms with Gasteiger partial charge < -0.3 is 5.32 Å². The molecule has 3 rings (SSSR count). The molecule has 27 heavy (non-hydrogen) atoms. The number of piperidine rings is 1. The third-order valence-electron chi connectivity index (χ3n) is 4.71. The number of sulfonamides is 1. The number of anilines is 1. The number of nitrogens with one attached hydrogen (secondary N) is 1. The van der Waals surface area contributed by atoms with Crippen LogP contribution < -0.4 is 5.32 Å². The monoisotopic (exact) mass is 406 g/mol. The van der Waals surface area contributed by atoms with Crippen molar-refractivity contribution in [1.82, 2.24) is 4.31 Å². The lowest BCUT2D eigenvalue weighted by molar-refractivity contribution is -0.120. The number of halogens is 1. The first kappa shape index (κ1) is 19.9. The van der Waals surface area contributed by atoms with Gasteiger partial charge in [-0.3, -0.25) is 4.79 Å². The van der Waals surface area contributed by atoms with E-state index in [9.17, 15) is 13.2 Å². The number of rotatable bonds is 5. The number of carbonyl (C=O) groups is 1. The molecule has 0 aliphatic carbocycles. The first-order valence-electron chi connectivity index (χ1n) is 8.93. The molecular formula is C20H23ClN2O3S. The number of aryl methyl sites for hydroxylation is 1. The Kier molecular flexibility index (Phi) is 6.19. The number of hydrogen-bond acceptors (Lipinski definition) is 3. The predicted molar refractivity (Wildman–Crippen MR) is 108 cm³/mol. The molecule has 0 aromatic heterocycles. The van der Waals surface area contributed by atoms with Crippen LogP contribution in [0.5, 0.6) is 0 Å². The molecule has 1 atom stereocenters. The average molecular weight is 407 g/mol. The van der Waals surface area contributed by atoms with Crippen LogP contribution in [-0.4, -0.2) is 31.7 Å². The van der Waals surface area contributed by atoms with Crippen LogP contribution in [0.4, 0.5) is 5.69 Å². The largest absolute Gasteiger partial charge is 0.326 e. The quantitative estimate of drug-likeness (QED) is 0.820. The highest BCUT2D eigenvalue weighted by atomic mass is 35.5. The third kappa shape index (κ3) is 5.31. The molecule has 0 unspecified atom stereocenters. The van der Waals surface area contributed by atoms with Gasteiger partial charge in [-0.1, -0.05) is 41.4 Å². The summed E-state index contributed by atoms with van der Waals surface area (Å²) in [4.78, 5) is 12.6. The van der Waals surface area contributed by atoms with Crippen LogP contribution in [0, 0.1) is 12.8 Å². The van der Waals surface area contributed by atoms with Gasteiger partial charge in [0.2, 0.25) is 15.9 Å². The van der Waals surface area contributed by atoms with E-state index in [4.69, 9.17) is 11.6 Å². The fourth-order valence-electron chi connectivity index (χ4n) is 3.22. The Hall–Kier alpha value is -1.89. The van der Waals surface area contributed by atoms with Crippen LogP contribution in [0.1, 0.15) is 24.0 Å². The maximum Gasteiger partial charge on any atom is 0.228 e. The van der Waals surface area contributed by atoms with E-state index >= 15 is 0 Å². The van der Waals surface area contributed by atoms with Crippen molar-refractivity contribution in [2.75, 3.05) is 18.4 Å². The summed E-state index contributed by atoms with van der Waals surface area (Å²) in [7, 11) is -3.50. The SMILES string of the molecule is Cc1ccc(NC(=O)[C@@H]2CCCN(S(=O)(=O)Cc3cccc(Cl)c3)C2)cc1. The van der Waals surface area contributed by atoms with Gasteiger partial charge in [0.05, 0.1) is 11.7 Å². The van der Waals surface area contributed by atoms with E-state index in [1.165, 1.54) is 4.31 Å². The van der Waals surface area contributed by atoms with E-state index in [2.05, 4.69) is 5.32 Å².